The molecule has 1 aromatic carbocycles. The number of ketones is 1. The zero-order valence-electron chi connectivity index (χ0n) is 24.9. The molecule has 2 heterocycles. The number of ether oxygens (including phenoxy) is 2. The summed E-state index contributed by atoms with van der Waals surface area (Å²) in [5.41, 5.74) is -0.250. The van der Waals surface area contributed by atoms with E-state index in [1.54, 1.807) is 19.1 Å². The number of carbonyl (C=O) groups is 2. The molecule has 1 fully saturated rings. The fourth-order valence-electron chi connectivity index (χ4n) is 4.06. The predicted octanol–water partition coefficient (Wildman–Crippen LogP) is 7.77. The van der Waals surface area contributed by atoms with E-state index in [1.807, 2.05) is 32.3 Å². The molecule has 11 heteroatoms. The number of halogens is 2. The number of Topliss-reactive ketones (excluding diaryl/α,β-unsaturated/α-hetero) is 1. The summed E-state index contributed by atoms with van der Waals surface area (Å²) in [6, 6.07) is 8.13. The fraction of sp³-hybridized carbons (Fsp3) is 0.406. The Morgan fingerprint density at radius 3 is 2.53 bits per heavy atom. The summed E-state index contributed by atoms with van der Waals surface area (Å²) >= 11 is 7.52. The Morgan fingerprint density at radius 1 is 1.28 bits per heavy atom. The second kappa shape index (κ2) is 18.8. The standard InChI is InChI=1S/C16H16ClFOS.C14H19NO4.C2H4O2/c1-10-14(17)9-16(20-10)19-13-5-6-15(18)12(8-13)7-11-3-2-4-11;1-3-11(16)13-12(17)9-10(19-14(13)18)7-5-4-6-8-15-2;1-4-2-3/h5-6,8-9,11H,2-4,7H2,1H3;6,8-9,15,17H,3-5,7H2,1-2H3;2H,1H3/b;8-6+;. The van der Waals surface area contributed by atoms with Gasteiger partial charge in [0.25, 0.3) is 6.47 Å². The number of nitrogens with one attached hydrogen (secondary N) is 1. The van der Waals surface area contributed by atoms with E-state index in [4.69, 9.17) is 25.5 Å². The molecule has 8 nitrogen and oxygen atoms in total. The van der Waals surface area contributed by atoms with Gasteiger partial charge in [0.15, 0.2) is 10.8 Å². The highest BCUT2D eigenvalue weighted by Crippen LogP contribution is 2.36. The highest BCUT2D eigenvalue weighted by molar-refractivity contribution is 7.14. The number of aromatic hydroxyl groups is 1. The molecule has 1 aliphatic rings. The van der Waals surface area contributed by atoms with Crippen molar-refractivity contribution in [2.45, 2.75) is 65.2 Å². The van der Waals surface area contributed by atoms with Crippen molar-refractivity contribution in [1.82, 2.24) is 5.32 Å². The minimum Gasteiger partial charge on any atom is -0.507 e. The maximum atomic E-state index is 13.8. The Bertz CT molecular complexity index is 1400. The number of aryl methyl sites for hydroxylation is 2. The number of benzene rings is 1. The molecule has 2 aromatic heterocycles. The first kappa shape index (κ1) is 35.6. The van der Waals surface area contributed by atoms with Crippen molar-refractivity contribution >= 4 is 35.2 Å². The maximum Gasteiger partial charge on any atom is 0.350 e. The molecule has 3 aromatic rings. The molecule has 4 rings (SSSR count). The fourth-order valence-corrected chi connectivity index (χ4v) is 5.11. The van der Waals surface area contributed by atoms with Crippen LogP contribution < -0.4 is 15.7 Å². The molecule has 43 heavy (non-hydrogen) atoms. The van der Waals surface area contributed by atoms with Gasteiger partial charge in [0.2, 0.25) is 0 Å². The first-order valence-electron chi connectivity index (χ1n) is 14.0. The average Bonchev–Trinajstić information content (AvgIpc) is 3.28. The van der Waals surface area contributed by atoms with Gasteiger partial charge in [-0.3, -0.25) is 9.59 Å². The molecule has 0 spiro atoms. The zero-order chi connectivity index (χ0) is 31.8. The molecule has 0 unspecified atom stereocenters. The molecular formula is C32H39ClFNO7S. The van der Waals surface area contributed by atoms with Crippen LogP contribution in [0.2, 0.25) is 5.02 Å². The van der Waals surface area contributed by atoms with Gasteiger partial charge >= 0.3 is 5.63 Å². The second-order valence-electron chi connectivity index (χ2n) is 9.78. The summed E-state index contributed by atoms with van der Waals surface area (Å²) < 4.78 is 28.5. The van der Waals surface area contributed by atoms with E-state index in [0.717, 1.165) is 34.8 Å². The average molecular weight is 636 g/mol. The normalized spacial score (nSPS) is 12.3. The number of thiophene rings is 1. The van der Waals surface area contributed by atoms with E-state index in [0.29, 0.717) is 35.3 Å². The first-order chi connectivity index (χ1) is 20.6. The smallest absolute Gasteiger partial charge is 0.350 e. The highest BCUT2D eigenvalue weighted by Gasteiger charge is 2.20. The molecule has 0 atom stereocenters. The van der Waals surface area contributed by atoms with Gasteiger partial charge in [-0.1, -0.05) is 43.9 Å². The number of hydrogen-bond donors (Lipinski definition) is 2. The lowest BCUT2D eigenvalue weighted by Gasteiger charge is -2.25. The van der Waals surface area contributed by atoms with Crippen molar-refractivity contribution in [2.24, 2.45) is 5.92 Å². The SMILES string of the molecule is CCC(=O)c1c(O)cc(CCC/C=C/NC)oc1=O.COC=O.Cc1sc(Oc2ccc(F)c(CC3CCC3)c2)cc1Cl. The quantitative estimate of drug-likeness (QED) is 0.118. The van der Waals surface area contributed by atoms with Crippen LogP contribution in [-0.4, -0.2) is 31.5 Å². The minimum atomic E-state index is -0.757. The van der Waals surface area contributed by atoms with E-state index < -0.39 is 11.4 Å². The van der Waals surface area contributed by atoms with Gasteiger partial charge in [-0.2, -0.15) is 0 Å². The lowest BCUT2D eigenvalue weighted by atomic mass is 9.81. The van der Waals surface area contributed by atoms with Gasteiger partial charge < -0.3 is 24.3 Å². The van der Waals surface area contributed by atoms with Gasteiger partial charge in [-0.05, 0) is 62.1 Å². The van der Waals surface area contributed by atoms with Crippen molar-refractivity contribution < 1.29 is 33.0 Å². The lowest BCUT2D eigenvalue weighted by Crippen LogP contribution is -2.14. The Kier molecular flexibility index (Phi) is 15.6. The third kappa shape index (κ3) is 11.9. The number of hydrogen-bond acceptors (Lipinski definition) is 9. The molecule has 0 bridgehead atoms. The molecule has 1 aliphatic carbocycles. The van der Waals surface area contributed by atoms with E-state index in [2.05, 4.69) is 10.1 Å². The van der Waals surface area contributed by atoms with Gasteiger partial charge in [-0.25, -0.2) is 9.18 Å². The molecule has 0 aliphatic heterocycles. The summed E-state index contributed by atoms with van der Waals surface area (Å²) in [5, 5.41) is 14.0. The zero-order valence-corrected chi connectivity index (χ0v) is 26.5. The Morgan fingerprint density at radius 2 is 2.00 bits per heavy atom. The van der Waals surface area contributed by atoms with Crippen LogP contribution in [0.3, 0.4) is 0 Å². The van der Waals surface area contributed by atoms with Crippen LogP contribution in [0.15, 0.2) is 51.8 Å². The number of rotatable bonds is 12. The number of methoxy groups -OCH3 is 1. The molecule has 0 amide bonds. The summed E-state index contributed by atoms with van der Waals surface area (Å²) in [6.07, 6.45) is 10.6. The van der Waals surface area contributed by atoms with Crippen LogP contribution in [0.5, 0.6) is 16.6 Å². The monoisotopic (exact) mass is 635 g/mol. The molecule has 1 saturated carbocycles. The molecule has 234 valence electrons. The predicted molar refractivity (Wildman–Crippen MR) is 167 cm³/mol. The Balaban J connectivity index is 0.000000268. The van der Waals surface area contributed by atoms with Gasteiger partial charge in [-0.15, -0.1) is 11.3 Å². The van der Waals surface area contributed by atoms with Crippen molar-refractivity contribution in [2.75, 3.05) is 14.2 Å². The second-order valence-corrected chi connectivity index (χ2v) is 11.4. The van der Waals surface area contributed by atoms with Crippen LogP contribution in [0, 0.1) is 18.7 Å². The van der Waals surface area contributed by atoms with E-state index >= 15 is 0 Å². The van der Waals surface area contributed by atoms with Crippen molar-refractivity contribution in [3.63, 3.8) is 0 Å². The van der Waals surface area contributed by atoms with Crippen molar-refractivity contribution in [3.05, 3.63) is 85.6 Å². The lowest BCUT2D eigenvalue weighted by molar-refractivity contribution is -0.126. The maximum absolute atomic E-state index is 13.8. The summed E-state index contributed by atoms with van der Waals surface area (Å²) in [7, 11) is 3.13. The highest BCUT2D eigenvalue weighted by atomic mass is 35.5. The number of carbonyl (C=O) groups excluding carboxylic acids is 2. The minimum absolute atomic E-state index is 0.135. The van der Waals surface area contributed by atoms with Crippen LogP contribution in [0.1, 0.15) is 72.0 Å². The third-order valence-corrected chi connectivity index (χ3v) is 7.99. The number of unbranched alkanes of at least 4 members (excludes halogenated alkanes) is 1. The van der Waals surface area contributed by atoms with Crippen molar-refractivity contribution in [1.29, 1.82) is 0 Å². The molecule has 2 N–H and O–H groups in total. The molecule has 0 radical (unpaired) electrons. The molecular weight excluding hydrogens is 597 g/mol. The van der Waals surface area contributed by atoms with E-state index in [9.17, 15) is 19.1 Å². The van der Waals surface area contributed by atoms with Gasteiger partial charge in [0.05, 0.1) is 12.1 Å². The van der Waals surface area contributed by atoms with Crippen molar-refractivity contribution in [3.8, 4) is 16.6 Å². The third-order valence-electron chi connectivity index (χ3n) is 6.56. The largest absolute Gasteiger partial charge is 0.507 e. The van der Waals surface area contributed by atoms with Gasteiger partial charge in [0, 0.05) is 36.9 Å². The number of allylic oxidation sites excluding steroid dienone is 1. The molecule has 0 saturated heterocycles. The summed E-state index contributed by atoms with van der Waals surface area (Å²) in [6.45, 7) is 3.95. The van der Waals surface area contributed by atoms with E-state index in [1.165, 1.54) is 49.8 Å². The van der Waals surface area contributed by atoms with Crippen LogP contribution >= 0.6 is 22.9 Å². The Hall–Kier alpha value is -3.63. The summed E-state index contributed by atoms with van der Waals surface area (Å²) in [4.78, 5) is 33.1. The Labute approximate surface area is 260 Å². The van der Waals surface area contributed by atoms with Gasteiger partial charge in [0.1, 0.15) is 28.6 Å². The first-order valence-corrected chi connectivity index (χ1v) is 15.2. The topological polar surface area (TPSA) is 115 Å². The van der Waals surface area contributed by atoms with Crippen LogP contribution in [-0.2, 0) is 22.4 Å². The van der Waals surface area contributed by atoms with E-state index in [-0.39, 0.29) is 23.6 Å². The van der Waals surface area contributed by atoms with Crippen LogP contribution in [0.4, 0.5) is 4.39 Å². The summed E-state index contributed by atoms with van der Waals surface area (Å²) in [5.74, 6) is 0.882. The van der Waals surface area contributed by atoms with Crippen LogP contribution in [0.25, 0.3) is 0 Å².